The van der Waals surface area contributed by atoms with Crippen molar-refractivity contribution in [3.8, 4) is 0 Å². The Hall–Kier alpha value is -0.440. The quantitative estimate of drug-likeness (QED) is 0.337. The third kappa shape index (κ3) is 16.0. The number of hydrogen-bond donors (Lipinski definition) is 1. The van der Waals surface area contributed by atoms with Gasteiger partial charge in [0.25, 0.3) is 0 Å². The van der Waals surface area contributed by atoms with E-state index < -0.39 is 0 Å². The van der Waals surface area contributed by atoms with E-state index in [1.165, 1.54) is 0 Å². The van der Waals surface area contributed by atoms with E-state index in [0.717, 1.165) is 17.2 Å². The van der Waals surface area contributed by atoms with Crippen LogP contribution in [0.3, 0.4) is 0 Å². The molecule has 5 heteroatoms. The van der Waals surface area contributed by atoms with Crippen LogP contribution in [0.2, 0.25) is 0 Å². The highest BCUT2D eigenvalue weighted by Crippen LogP contribution is 1.92. The molecule has 96 valence electrons. The van der Waals surface area contributed by atoms with Gasteiger partial charge in [0.1, 0.15) is 6.54 Å². The van der Waals surface area contributed by atoms with E-state index >= 15 is 0 Å². The average Bonchev–Trinajstić information content (AvgIpc) is 2.13. The Labute approximate surface area is 101 Å². The van der Waals surface area contributed by atoms with Gasteiger partial charge in [-0.25, -0.2) is 4.79 Å². The number of aliphatic hydroxyl groups excluding tert-OH is 1. The standard InChI is InChI=1S/C6H11O2P.C5H14NO/c1-5(2)6(7)8-3-4-9;1-6(2,3)4-5-7/h1,3-4,9H2,2H3;7H,4-5H2,1-3H3/q;+1. The van der Waals surface area contributed by atoms with E-state index in [0.29, 0.717) is 12.2 Å². The molecule has 16 heavy (non-hydrogen) atoms. The van der Waals surface area contributed by atoms with Crippen molar-refractivity contribution in [3.05, 3.63) is 12.2 Å². The summed E-state index contributed by atoms with van der Waals surface area (Å²) >= 11 is 0. The molecule has 1 atom stereocenters. The zero-order chi connectivity index (χ0) is 13.2. The van der Waals surface area contributed by atoms with Crippen LogP contribution in [0, 0.1) is 0 Å². The fraction of sp³-hybridized carbons (Fsp3) is 0.727. The van der Waals surface area contributed by atoms with Gasteiger partial charge in [0.05, 0.1) is 34.4 Å². The minimum absolute atomic E-state index is 0.281. The summed E-state index contributed by atoms with van der Waals surface area (Å²) in [6.07, 6.45) is 0.777. The van der Waals surface area contributed by atoms with E-state index in [2.05, 4.69) is 37.0 Å². The van der Waals surface area contributed by atoms with E-state index in [-0.39, 0.29) is 12.6 Å². The number of ether oxygens (including phenoxy) is 1. The number of likely N-dealkylation sites (N-methyl/N-ethyl adjacent to an activating group) is 1. The fourth-order valence-corrected chi connectivity index (χ4v) is 0.693. The first kappa shape index (κ1) is 17.9. The maximum absolute atomic E-state index is 10.6. The lowest BCUT2D eigenvalue weighted by molar-refractivity contribution is -0.870. The Balaban J connectivity index is 0. The van der Waals surface area contributed by atoms with Crippen molar-refractivity contribution in [2.24, 2.45) is 0 Å². The molecule has 1 unspecified atom stereocenters. The van der Waals surface area contributed by atoms with Crippen LogP contribution in [-0.2, 0) is 9.53 Å². The lowest BCUT2D eigenvalue weighted by Crippen LogP contribution is -2.36. The molecular formula is C11H25NO3P+. The molecule has 0 saturated carbocycles. The van der Waals surface area contributed by atoms with Gasteiger partial charge in [-0.05, 0) is 13.1 Å². The summed E-state index contributed by atoms with van der Waals surface area (Å²) < 4.78 is 5.54. The third-order valence-corrected chi connectivity index (χ3v) is 1.71. The molecule has 0 aromatic carbocycles. The van der Waals surface area contributed by atoms with Gasteiger partial charge < -0.3 is 14.3 Å². The Bertz CT molecular complexity index is 212. The monoisotopic (exact) mass is 250 g/mol. The molecule has 0 heterocycles. The number of aliphatic hydroxyl groups is 1. The van der Waals surface area contributed by atoms with E-state index in [1.807, 2.05) is 0 Å². The summed E-state index contributed by atoms with van der Waals surface area (Å²) in [6, 6.07) is 0. The van der Waals surface area contributed by atoms with Crippen LogP contribution < -0.4 is 0 Å². The van der Waals surface area contributed by atoms with E-state index in [9.17, 15) is 4.79 Å². The highest BCUT2D eigenvalue weighted by molar-refractivity contribution is 7.16. The molecule has 0 amide bonds. The first-order valence-electron chi connectivity index (χ1n) is 5.18. The van der Waals surface area contributed by atoms with Gasteiger partial charge in [-0.15, -0.1) is 9.24 Å². The molecule has 0 aliphatic carbocycles. The number of esters is 1. The van der Waals surface area contributed by atoms with Crippen LogP contribution in [0.15, 0.2) is 12.2 Å². The smallest absolute Gasteiger partial charge is 0.333 e. The molecule has 0 rings (SSSR count). The molecule has 0 spiro atoms. The molecule has 0 aromatic rings. The number of hydrogen-bond acceptors (Lipinski definition) is 3. The van der Waals surface area contributed by atoms with Crippen LogP contribution in [-0.4, -0.2) is 62.6 Å². The fourth-order valence-electron chi connectivity index (χ4n) is 0.575. The zero-order valence-electron chi connectivity index (χ0n) is 10.8. The van der Waals surface area contributed by atoms with Gasteiger partial charge in [0, 0.05) is 5.57 Å². The second-order valence-electron chi connectivity index (χ2n) is 4.44. The normalized spacial score (nSPS) is 10.1. The van der Waals surface area contributed by atoms with Crippen LogP contribution >= 0.6 is 9.24 Å². The molecule has 1 N–H and O–H groups in total. The SMILES string of the molecule is C=C(C)C(=O)OCCP.C[N+](C)(C)CCO. The lowest BCUT2D eigenvalue weighted by Gasteiger charge is -2.21. The number of carbonyl (C=O) groups is 1. The molecule has 0 aliphatic heterocycles. The number of quaternary nitrogens is 1. The maximum Gasteiger partial charge on any atom is 0.333 e. The highest BCUT2D eigenvalue weighted by Gasteiger charge is 2.02. The molecule has 0 bridgehead atoms. The van der Waals surface area contributed by atoms with Crippen LogP contribution in [0.5, 0.6) is 0 Å². The van der Waals surface area contributed by atoms with Crippen molar-refractivity contribution in [1.29, 1.82) is 0 Å². The van der Waals surface area contributed by atoms with Gasteiger partial charge in [-0.3, -0.25) is 0 Å². The van der Waals surface area contributed by atoms with E-state index in [4.69, 9.17) is 9.84 Å². The molecule has 0 aromatic heterocycles. The van der Waals surface area contributed by atoms with Crippen molar-refractivity contribution in [3.63, 3.8) is 0 Å². The summed E-state index contributed by atoms with van der Waals surface area (Å²) in [5.41, 5.74) is 0.452. The molecule has 0 fully saturated rings. The van der Waals surface area contributed by atoms with Gasteiger partial charge in [0.15, 0.2) is 0 Å². The Morgan fingerprint density at radius 1 is 1.44 bits per heavy atom. The second-order valence-corrected chi connectivity index (χ2v) is 5.02. The lowest BCUT2D eigenvalue weighted by atomic mass is 10.4. The minimum Gasteiger partial charge on any atom is -0.462 e. The molecule has 4 nitrogen and oxygen atoms in total. The minimum atomic E-state index is -0.308. The number of nitrogens with zero attached hydrogens (tertiary/aromatic N) is 1. The van der Waals surface area contributed by atoms with Gasteiger partial charge >= 0.3 is 5.97 Å². The van der Waals surface area contributed by atoms with Crippen molar-refractivity contribution in [1.82, 2.24) is 0 Å². The topological polar surface area (TPSA) is 46.5 Å². The zero-order valence-corrected chi connectivity index (χ0v) is 12.0. The summed E-state index contributed by atoms with van der Waals surface area (Å²) in [7, 11) is 8.63. The highest BCUT2D eigenvalue weighted by atomic mass is 31.0. The summed E-state index contributed by atoms with van der Waals surface area (Å²) in [4.78, 5) is 10.6. The Morgan fingerprint density at radius 2 is 1.94 bits per heavy atom. The van der Waals surface area contributed by atoms with Crippen LogP contribution in [0.25, 0.3) is 0 Å². The maximum atomic E-state index is 10.6. The second kappa shape index (κ2) is 9.76. The van der Waals surface area contributed by atoms with Gasteiger partial charge in [-0.1, -0.05) is 6.58 Å². The molecule has 0 radical (unpaired) electrons. The molecule has 0 aliphatic rings. The van der Waals surface area contributed by atoms with E-state index in [1.54, 1.807) is 6.92 Å². The largest absolute Gasteiger partial charge is 0.462 e. The third-order valence-electron chi connectivity index (χ3n) is 1.47. The predicted molar refractivity (Wildman–Crippen MR) is 70.3 cm³/mol. The van der Waals surface area contributed by atoms with Crippen molar-refractivity contribution in [2.75, 3.05) is 47.1 Å². The average molecular weight is 250 g/mol. The Morgan fingerprint density at radius 3 is 2.12 bits per heavy atom. The number of rotatable bonds is 5. The first-order valence-corrected chi connectivity index (χ1v) is 6.00. The van der Waals surface area contributed by atoms with Crippen molar-refractivity contribution >= 4 is 15.2 Å². The first-order chi connectivity index (χ1) is 7.24. The molecular weight excluding hydrogens is 225 g/mol. The van der Waals surface area contributed by atoms with Crippen molar-refractivity contribution < 1.29 is 19.1 Å². The molecule has 0 saturated heterocycles. The number of carbonyl (C=O) groups excluding carboxylic acids is 1. The van der Waals surface area contributed by atoms with Crippen molar-refractivity contribution in [2.45, 2.75) is 6.92 Å². The summed E-state index contributed by atoms with van der Waals surface area (Å²) in [5.74, 6) is -0.308. The predicted octanol–water partition coefficient (Wildman–Crippen LogP) is 0.666. The summed E-state index contributed by atoms with van der Waals surface area (Å²) in [5, 5.41) is 8.39. The van der Waals surface area contributed by atoms with Gasteiger partial charge in [-0.2, -0.15) is 0 Å². The van der Waals surface area contributed by atoms with Gasteiger partial charge in [0.2, 0.25) is 0 Å². The van der Waals surface area contributed by atoms with Crippen LogP contribution in [0.1, 0.15) is 6.92 Å². The summed E-state index contributed by atoms with van der Waals surface area (Å²) in [6.45, 7) is 6.63. The Kier molecular flexibility index (Phi) is 10.9. The van der Waals surface area contributed by atoms with Crippen LogP contribution in [0.4, 0.5) is 0 Å².